The SMILES string of the molecule is O=C(NCC1(O)CCCc2occc21)Nc1ccccc1C(F)(F)F. The van der Waals surface area contributed by atoms with Crippen molar-refractivity contribution in [2.24, 2.45) is 0 Å². The van der Waals surface area contributed by atoms with E-state index in [4.69, 9.17) is 4.42 Å². The number of nitrogens with one attached hydrogen (secondary N) is 2. The third-order valence-corrected chi connectivity index (χ3v) is 4.26. The number of alkyl halides is 3. The van der Waals surface area contributed by atoms with E-state index in [1.807, 2.05) is 0 Å². The number of urea groups is 1. The van der Waals surface area contributed by atoms with E-state index in [2.05, 4.69) is 10.6 Å². The summed E-state index contributed by atoms with van der Waals surface area (Å²) in [4.78, 5) is 12.0. The fourth-order valence-electron chi connectivity index (χ4n) is 3.04. The highest BCUT2D eigenvalue weighted by Gasteiger charge is 2.37. The van der Waals surface area contributed by atoms with Crippen LogP contribution in [-0.2, 0) is 18.2 Å². The lowest BCUT2D eigenvalue weighted by atomic mass is 9.83. The molecule has 0 fully saturated rings. The average molecular weight is 354 g/mol. The van der Waals surface area contributed by atoms with E-state index in [0.717, 1.165) is 6.07 Å². The molecule has 1 aliphatic carbocycles. The minimum atomic E-state index is -4.57. The van der Waals surface area contributed by atoms with E-state index in [1.165, 1.54) is 24.5 Å². The molecule has 0 radical (unpaired) electrons. The number of carbonyl (C=O) groups is 1. The Morgan fingerprint density at radius 3 is 2.80 bits per heavy atom. The van der Waals surface area contributed by atoms with Crippen LogP contribution in [0.15, 0.2) is 41.0 Å². The summed E-state index contributed by atoms with van der Waals surface area (Å²) in [6.45, 7) is -0.125. The lowest BCUT2D eigenvalue weighted by Gasteiger charge is -2.31. The van der Waals surface area contributed by atoms with Crippen molar-refractivity contribution >= 4 is 11.7 Å². The summed E-state index contributed by atoms with van der Waals surface area (Å²) in [6.07, 6.45) is -1.27. The van der Waals surface area contributed by atoms with Crippen LogP contribution in [0.25, 0.3) is 0 Å². The number of benzene rings is 1. The molecule has 1 heterocycles. The van der Waals surface area contributed by atoms with E-state index in [-0.39, 0.29) is 12.2 Å². The van der Waals surface area contributed by atoms with Gasteiger partial charge in [0.25, 0.3) is 0 Å². The van der Waals surface area contributed by atoms with Crippen LogP contribution in [0.2, 0.25) is 0 Å². The van der Waals surface area contributed by atoms with Gasteiger partial charge in [-0.15, -0.1) is 0 Å². The van der Waals surface area contributed by atoms with Crippen molar-refractivity contribution < 1.29 is 27.5 Å². The van der Waals surface area contributed by atoms with Crippen molar-refractivity contribution in [2.75, 3.05) is 11.9 Å². The molecule has 25 heavy (non-hydrogen) atoms. The number of halogens is 3. The third kappa shape index (κ3) is 3.63. The molecule has 2 aromatic rings. The molecule has 0 saturated carbocycles. The molecule has 0 spiro atoms. The molecule has 1 aromatic carbocycles. The first kappa shape index (κ1) is 17.3. The molecule has 8 heteroatoms. The Hall–Kier alpha value is -2.48. The second kappa shape index (κ2) is 6.44. The average Bonchev–Trinajstić information content (AvgIpc) is 3.03. The lowest BCUT2D eigenvalue weighted by Crippen LogP contribution is -2.44. The van der Waals surface area contributed by atoms with Crippen LogP contribution in [0, 0.1) is 0 Å². The van der Waals surface area contributed by atoms with E-state index in [9.17, 15) is 23.1 Å². The van der Waals surface area contributed by atoms with Gasteiger partial charge in [0.1, 0.15) is 11.4 Å². The van der Waals surface area contributed by atoms with Gasteiger partial charge in [0, 0.05) is 12.0 Å². The predicted molar refractivity (Wildman–Crippen MR) is 84.0 cm³/mol. The lowest BCUT2D eigenvalue weighted by molar-refractivity contribution is -0.136. The van der Waals surface area contributed by atoms with Crippen molar-refractivity contribution in [3.05, 3.63) is 53.5 Å². The Morgan fingerprint density at radius 1 is 1.28 bits per heavy atom. The summed E-state index contributed by atoms with van der Waals surface area (Å²) in [5, 5.41) is 15.4. The fraction of sp³-hybridized carbons (Fsp3) is 0.353. The van der Waals surface area contributed by atoms with Gasteiger partial charge in [0.05, 0.1) is 24.1 Å². The Labute approximate surface area is 141 Å². The van der Waals surface area contributed by atoms with Gasteiger partial charge in [0.15, 0.2) is 0 Å². The maximum atomic E-state index is 12.9. The normalized spacial score (nSPS) is 20.0. The quantitative estimate of drug-likeness (QED) is 0.788. The predicted octanol–water partition coefficient (Wildman–Crippen LogP) is 3.64. The Balaban J connectivity index is 1.67. The summed E-state index contributed by atoms with van der Waals surface area (Å²) in [5.41, 5.74) is -1.96. The number of hydrogen-bond donors (Lipinski definition) is 3. The van der Waals surface area contributed by atoms with Crippen LogP contribution >= 0.6 is 0 Å². The molecule has 0 bridgehead atoms. The molecule has 5 nitrogen and oxygen atoms in total. The number of rotatable bonds is 3. The molecule has 0 aliphatic heterocycles. The maximum absolute atomic E-state index is 12.9. The van der Waals surface area contributed by atoms with Crippen LogP contribution in [0.1, 0.15) is 29.7 Å². The highest BCUT2D eigenvalue weighted by Crippen LogP contribution is 2.36. The first-order valence-corrected chi connectivity index (χ1v) is 7.80. The minimum Gasteiger partial charge on any atom is -0.469 e. The number of anilines is 1. The molecule has 3 rings (SSSR count). The van der Waals surface area contributed by atoms with Crippen molar-refractivity contribution in [3.63, 3.8) is 0 Å². The smallest absolute Gasteiger partial charge is 0.418 e. The van der Waals surface area contributed by atoms with E-state index in [0.29, 0.717) is 30.6 Å². The van der Waals surface area contributed by atoms with Gasteiger partial charge < -0.3 is 20.2 Å². The van der Waals surface area contributed by atoms with Crippen LogP contribution in [0.4, 0.5) is 23.7 Å². The van der Waals surface area contributed by atoms with Gasteiger partial charge in [0.2, 0.25) is 0 Å². The molecule has 1 atom stereocenters. The van der Waals surface area contributed by atoms with Gasteiger partial charge in [-0.2, -0.15) is 13.2 Å². The number of amides is 2. The van der Waals surface area contributed by atoms with Crippen LogP contribution < -0.4 is 10.6 Å². The number of furan rings is 1. The number of para-hydroxylation sites is 1. The molecule has 3 N–H and O–H groups in total. The molecule has 134 valence electrons. The van der Waals surface area contributed by atoms with Gasteiger partial charge in [-0.05, 0) is 31.0 Å². The fourth-order valence-corrected chi connectivity index (χ4v) is 3.04. The molecule has 1 aromatic heterocycles. The second-order valence-corrected chi connectivity index (χ2v) is 5.99. The summed E-state index contributed by atoms with van der Waals surface area (Å²) in [6, 6.07) is 5.54. The minimum absolute atomic E-state index is 0.125. The zero-order valence-electron chi connectivity index (χ0n) is 13.2. The van der Waals surface area contributed by atoms with Gasteiger partial charge >= 0.3 is 12.2 Å². The Morgan fingerprint density at radius 2 is 2.04 bits per heavy atom. The third-order valence-electron chi connectivity index (χ3n) is 4.26. The van der Waals surface area contributed by atoms with Crippen molar-refractivity contribution in [3.8, 4) is 0 Å². The summed E-state index contributed by atoms with van der Waals surface area (Å²) < 4.78 is 44.1. The van der Waals surface area contributed by atoms with Crippen LogP contribution in [0.5, 0.6) is 0 Å². The van der Waals surface area contributed by atoms with E-state index in [1.54, 1.807) is 6.07 Å². The summed E-state index contributed by atoms with van der Waals surface area (Å²) in [7, 11) is 0. The maximum Gasteiger partial charge on any atom is 0.418 e. The van der Waals surface area contributed by atoms with Gasteiger partial charge in [-0.25, -0.2) is 4.79 Å². The number of carbonyl (C=O) groups excluding carboxylic acids is 1. The topological polar surface area (TPSA) is 74.5 Å². The number of fused-ring (bicyclic) bond motifs is 1. The van der Waals surface area contributed by atoms with E-state index >= 15 is 0 Å². The largest absolute Gasteiger partial charge is 0.469 e. The monoisotopic (exact) mass is 354 g/mol. The first-order valence-electron chi connectivity index (χ1n) is 7.80. The zero-order valence-corrected chi connectivity index (χ0v) is 13.2. The highest BCUT2D eigenvalue weighted by atomic mass is 19.4. The summed E-state index contributed by atoms with van der Waals surface area (Å²) in [5.74, 6) is 0.665. The molecule has 0 saturated heterocycles. The molecule has 2 amide bonds. The summed E-state index contributed by atoms with van der Waals surface area (Å²) >= 11 is 0. The van der Waals surface area contributed by atoms with Crippen LogP contribution in [0.3, 0.4) is 0 Å². The van der Waals surface area contributed by atoms with Crippen molar-refractivity contribution in [1.82, 2.24) is 5.32 Å². The Bertz CT molecular complexity index is 772. The molecule has 1 unspecified atom stereocenters. The first-order chi connectivity index (χ1) is 11.8. The number of aryl methyl sites for hydroxylation is 1. The zero-order chi connectivity index (χ0) is 18.1. The number of hydrogen-bond acceptors (Lipinski definition) is 3. The van der Waals surface area contributed by atoms with Crippen molar-refractivity contribution in [2.45, 2.75) is 31.0 Å². The highest BCUT2D eigenvalue weighted by molar-refractivity contribution is 5.90. The molecule has 1 aliphatic rings. The standard InChI is InChI=1S/C17H17F3N2O3/c18-17(19,20)11-4-1-2-5-13(11)22-15(23)21-10-16(24)8-3-6-14-12(16)7-9-25-14/h1-2,4-5,7,9,24H,3,6,8,10H2,(H2,21,22,23). The second-order valence-electron chi connectivity index (χ2n) is 5.99. The van der Waals surface area contributed by atoms with E-state index < -0.39 is 23.4 Å². The molecular weight excluding hydrogens is 337 g/mol. The van der Waals surface area contributed by atoms with Crippen LogP contribution in [-0.4, -0.2) is 17.7 Å². The number of aliphatic hydroxyl groups is 1. The van der Waals surface area contributed by atoms with Gasteiger partial charge in [-0.1, -0.05) is 12.1 Å². The van der Waals surface area contributed by atoms with Gasteiger partial charge in [-0.3, -0.25) is 0 Å². The molecular formula is C17H17F3N2O3. The van der Waals surface area contributed by atoms with Crippen molar-refractivity contribution in [1.29, 1.82) is 0 Å². The Kier molecular flexibility index (Phi) is 4.47.